The quantitative estimate of drug-likeness (QED) is 0.841. The Morgan fingerprint density at radius 2 is 1.95 bits per heavy atom. The number of aromatic nitrogens is 1. The number of nitrogens with zero attached hydrogens (tertiary/aromatic N) is 1. The Morgan fingerprint density at radius 3 is 2.57 bits per heavy atom. The second-order valence-corrected chi connectivity index (χ2v) is 6.73. The summed E-state index contributed by atoms with van der Waals surface area (Å²) in [6.07, 6.45) is -0.0752. The van der Waals surface area contributed by atoms with Crippen LogP contribution in [0.5, 0.6) is 0 Å². The average Bonchev–Trinajstić information content (AvgIpc) is 2.82. The van der Waals surface area contributed by atoms with Gasteiger partial charge >= 0.3 is 0 Å². The van der Waals surface area contributed by atoms with Crippen molar-refractivity contribution in [3.05, 3.63) is 51.5 Å². The van der Waals surface area contributed by atoms with E-state index in [1.54, 1.807) is 18.4 Å². The maximum atomic E-state index is 5.66. The van der Waals surface area contributed by atoms with Crippen molar-refractivity contribution in [2.45, 2.75) is 33.4 Å². The molecular formula is C17H24N2OS. The lowest BCUT2D eigenvalue weighted by Gasteiger charge is -2.12. The molecule has 0 spiro atoms. The van der Waals surface area contributed by atoms with Crippen LogP contribution in [-0.4, -0.2) is 18.6 Å². The number of aryl methyl sites for hydroxylation is 1. The molecule has 1 N–H and O–H groups in total. The molecule has 1 aromatic heterocycles. The number of rotatable bonds is 7. The Kier molecular flexibility index (Phi) is 5.91. The molecule has 0 bridgehead atoms. The van der Waals surface area contributed by atoms with E-state index in [4.69, 9.17) is 9.72 Å². The fraction of sp³-hybridized carbons (Fsp3) is 0.471. The predicted octanol–water partition coefficient (Wildman–Crippen LogP) is 3.93. The normalized spacial score (nSPS) is 12.8. The number of nitrogens with one attached hydrogen (secondary N) is 1. The summed E-state index contributed by atoms with van der Waals surface area (Å²) in [6.45, 7) is 8.42. The first kappa shape index (κ1) is 16.1. The second-order valence-electron chi connectivity index (χ2n) is 5.61. The molecule has 2 rings (SSSR count). The SMILES string of the molecule is COC(c1ccccc1)c1nc(C)c(CNCC(C)C)s1. The summed E-state index contributed by atoms with van der Waals surface area (Å²) in [5.74, 6) is 0.661. The van der Waals surface area contributed by atoms with Gasteiger partial charge in [0.2, 0.25) is 0 Å². The van der Waals surface area contributed by atoms with Crippen LogP contribution in [0.2, 0.25) is 0 Å². The minimum Gasteiger partial charge on any atom is -0.370 e. The van der Waals surface area contributed by atoms with Crippen molar-refractivity contribution in [3.8, 4) is 0 Å². The van der Waals surface area contributed by atoms with Crippen LogP contribution >= 0.6 is 11.3 Å². The van der Waals surface area contributed by atoms with Crippen molar-refractivity contribution in [1.82, 2.24) is 10.3 Å². The van der Waals surface area contributed by atoms with E-state index in [1.165, 1.54) is 4.88 Å². The zero-order valence-electron chi connectivity index (χ0n) is 13.2. The van der Waals surface area contributed by atoms with Gasteiger partial charge in [-0.15, -0.1) is 11.3 Å². The lowest BCUT2D eigenvalue weighted by molar-refractivity contribution is 0.136. The summed E-state index contributed by atoms with van der Waals surface area (Å²) >= 11 is 1.74. The average molecular weight is 304 g/mol. The minimum absolute atomic E-state index is 0.0752. The topological polar surface area (TPSA) is 34.1 Å². The van der Waals surface area contributed by atoms with Gasteiger partial charge in [0, 0.05) is 18.5 Å². The number of hydrogen-bond acceptors (Lipinski definition) is 4. The third-order valence-corrected chi connectivity index (χ3v) is 4.51. The fourth-order valence-corrected chi connectivity index (χ4v) is 3.35. The van der Waals surface area contributed by atoms with Crippen molar-refractivity contribution < 1.29 is 4.74 Å². The predicted molar refractivity (Wildman–Crippen MR) is 88.7 cm³/mol. The molecular weight excluding hydrogens is 280 g/mol. The molecule has 1 heterocycles. The van der Waals surface area contributed by atoms with E-state index in [1.807, 2.05) is 18.2 Å². The summed E-state index contributed by atoms with van der Waals surface area (Å²) in [7, 11) is 1.74. The molecule has 114 valence electrons. The zero-order valence-corrected chi connectivity index (χ0v) is 14.0. The van der Waals surface area contributed by atoms with Gasteiger partial charge < -0.3 is 10.1 Å². The summed E-state index contributed by atoms with van der Waals surface area (Å²) < 4.78 is 5.66. The van der Waals surface area contributed by atoms with Gasteiger partial charge in [0.15, 0.2) is 0 Å². The Bertz CT molecular complexity index is 551. The zero-order chi connectivity index (χ0) is 15.2. The van der Waals surface area contributed by atoms with Crippen molar-refractivity contribution in [3.63, 3.8) is 0 Å². The highest BCUT2D eigenvalue weighted by Crippen LogP contribution is 2.30. The van der Waals surface area contributed by atoms with Gasteiger partial charge in [0.05, 0.1) is 5.69 Å². The van der Waals surface area contributed by atoms with Crippen LogP contribution in [0.3, 0.4) is 0 Å². The summed E-state index contributed by atoms with van der Waals surface area (Å²) in [4.78, 5) is 6.00. The maximum absolute atomic E-state index is 5.66. The van der Waals surface area contributed by atoms with E-state index in [2.05, 4.69) is 38.2 Å². The lowest BCUT2D eigenvalue weighted by Crippen LogP contribution is -2.18. The van der Waals surface area contributed by atoms with Crippen LogP contribution < -0.4 is 5.32 Å². The highest BCUT2D eigenvalue weighted by atomic mass is 32.1. The Balaban J connectivity index is 2.13. The molecule has 0 aliphatic carbocycles. The molecule has 2 aromatic rings. The first-order valence-electron chi connectivity index (χ1n) is 7.36. The van der Waals surface area contributed by atoms with E-state index in [9.17, 15) is 0 Å². The largest absolute Gasteiger partial charge is 0.370 e. The standard InChI is InChI=1S/C17H24N2OS/c1-12(2)10-18-11-15-13(3)19-17(21-15)16(20-4)14-8-6-5-7-9-14/h5-9,12,16,18H,10-11H2,1-4H3. The molecule has 0 aliphatic heterocycles. The molecule has 0 radical (unpaired) electrons. The Labute approximate surface area is 131 Å². The van der Waals surface area contributed by atoms with Crippen LogP contribution in [0.4, 0.5) is 0 Å². The molecule has 3 nitrogen and oxygen atoms in total. The number of methoxy groups -OCH3 is 1. The van der Waals surface area contributed by atoms with Crippen LogP contribution in [0.1, 0.15) is 41.1 Å². The van der Waals surface area contributed by atoms with Gasteiger partial charge in [0.25, 0.3) is 0 Å². The molecule has 0 saturated carbocycles. The van der Waals surface area contributed by atoms with Gasteiger partial charge in [-0.1, -0.05) is 44.2 Å². The van der Waals surface area contributed by atoms with E-state index in [-0.39, 0.29) is 6.10 Å². The molecule has 4 heteroatoms. The third kappa shape index (κ3) is 4.37. The molecule has 0 saturated heterocycles. The van der Waals surface area contributed by atoms with Gasteiger partial charge in [0.1, 0.15) is 11.1 Å². The van der Waals surface area contributed by atoms with Crippen LogP contribution in [0.25, 0.3) is 0 Å². The second kappa shape index (κ2) is 7.69. The smallest absolute Gasteiger partial charge is 0.134 e. The molecule has 0 aliphatic rings. The van der Waals surface area contributed by atoms with Crippen LogP contribution in [0.15, 0.2) is 30.3 Å². The highest BCUT2D eigenvalue weighted by Gasteiger charge is 2.18. The minimum atomic E-state index is -0.0752. The number of thiazole rings is 1. The van der Waals surface area contributed by atoms with Crippen molar-refractivity contribution in [1.29, 1.82) is 0 Å². The van der Waals surface area contributed by atoms with Crippen molar-refractivity contribution in [2.24, 2.45) is 5.92 Å². The summed E-state index contributed by atoms with van der Waals surface area (Å²) in [5, 5.41) is 4.51. The summed E-state index contributed by atoms with van der Waals surface area (Å²) in [5.41, 5.74) is 2.25. The van der Waals surface area contributed by atoms with E-state index >= 15 is 0 Å². The van der Waals surface area contributed by atoms with E-state index in [0.29, 0.717) is 5.92 Å². The summed E-state index contributed by atoms with van der Waals surface area (Å²) in [6, 6.07) is 10.3. The van der Waals surface area contributed by atoms with Gasteiger partial charge in [-0.3, -0.25) is 0 Å². The Hall–Kier alpha value is -1.23. The lowest BCUT2D eigenvalue weighted by atomic mass is 10.1. The first-order valence-corrected chi connectivity index (χ1v) is 8.18. The molecule has 0 fully saturated rings. The third-order valence-electron chi connectivity index (χ3n) is 3.31. The van der Waals surface area contributed by atoms with E-state index < -0.39 is 0 Å². The van der Waals surface area contributed by atoms with E-state index in [0.717, 1.165) is 29.4 Å². The van der Waals surface area contributed by atoms with Crippen LogP contribution in [0, 0.1) is 12.8 Å². The maximum Gasteiger partial charge on any atom is 0.134 e. The molecule has 0 amide bonds. The fourth-order valence-electron chi connectivity index (χ4n) is 2.21. The van der Waals surface area contributed by atoms with Gasteiger partial charge in [-0.2, -0.15) is 0 Å². The molecule has 1 unspecified atom stereocenters. The van der Waals surface area contributed by atoms with Gasteiger partial charge in [-0.05, 0) is 24.9 Å². The monoisotopic (exact) mass is 304 g/mol. The van der Waals surface area contributed by atoms with Crippen LogP contribution in [-0.2, 0) is 11.3 Å². The molecule has 21 heavy (non-hydrogen) atoms. The Morgan fingerprint density at radius 1 is 1.24 bits per heavy atom. The number of ether oxygens (including phenoxy) is 1. The van der Waals surface area contributed by atoms with Gasteiger partial charge in [-0.25, -0.2) is 4.98 Å². The first-order chi connectivity index (χ1) is 10.1. The molecule has 1 aromatic carbocycles. The number of benzene rings is 1. The molecule has 1 atom stereocenters. The highest BCUT2D eigenvalue weighted by molar-refractivity contribution is 7.11. The van der Waals surface area contributed by atoms with Crippen molar-refractivity contribution >= 4 is 11.3 Å². The number of hydrogen-bond donors (Lipinski definition) is 1. The van der Waals surface area contributed by atoms with Crippen molar-refractivity contribution in [2.75, 3.05) is 13.7 Å².